The highest BCUT2D eigenvalue weighted by Crippen LogP contribution is 2.23. The van der Waals surface area contributed by atoms with Crippen molar-refractivity contribution in [1.82, 2.24) is 19.7 Å². The zero-order valence-corrected chi connectivity index (χ0v) is 17.8. The Morgan fingerprint density at radius 3 is 2.67 bits per heavy atom. The van der Waals surface area contributed by atoms with Crippen LogP contribution in [0.3, 0.4) is 0 Å². The van der Waals surface area contributed by atoms with Crippen molar-refractivity contribution >= 4 is 5.97 Å². The van der Waals surface area contributed by atoms with Crippen molar-refractivity contribution in [2.75, 3.05) is 13.7 Å². The van der Waals surface area contributed by atoms with Gasteiger partial charge in [0.1, 0.15) is 11.5 Å². The lowest BCUT2D eigenvalue weighted by molar-refractivity contribution is -0.159. The summed E-state index contributed by atoms with van der Waals surface area (Å²) in [7, 11) is 3.23. The number of oxazole rings is 1. The molecule has 1 unspecified atom stereocenters. The minimum absolute atomic E-state index is 0.209. The van der Waals surface area contributed by atoms with Crippen LogP contribution in [0.5, 0.6) is 5.88 Å². The van der Waals surface area contributed by atoms with E-state index in [1.165, 1.54) is 14.0 Å². The van der Waals surface area contributed by atoms with E-state index in [0.29, 0.717) is 24.8 Å². The van der Waals surface area contributed by atoms with Crippen molar-refractivity contribution in [3.63, 3.8) is 0 Å². The summed E-state index contributed by atoms with van der Waals surface area (Å²) in [6.07, 6.45) is 2.37. The first-order chi connectivity index (χ1) is 14.2. The number of ether oxygens (including phenoxy) is 2. The van der Waals surface area contributed by atoms with Crippen LogP contribution in [0, 0.1) is 13.8 Å². The summed E-state index contributed by atoms with van der Waals surface area (Å²) in [5, 5.41) is 13.6. The number of aromatic nitrogens is 4. The van der Waals surface area contributed by atoms with Gasteiger partial charge in [0.25, 0.3) is 0 Å². The van der Waals surface area contributed by atoms with Crippen molar-refractivity contribution in [3.8, 4) is 17.5 Å². The molecule has 3 rings (SSSR count). The van der Waals surface area contributed by atoms with Gasteiger partial charge in [-0.05, 0) is 32.4 Å². The van der Waals surface area contributed by atoms with Crippen molar-refractivity contribution < 1.29 is 23.8 Å². The first-order valence-corrected chi connectivity index (χ1v) is 9.55. The van der Waals surface area contributed by atoms with Crippen LogP contribution < -0.4 is 4.74 Å². The monoisotopic (exact) mass is 414 g/mol. The molecule has 0 amide bonds. The topological polar surface area (TPSA) is 113 Å². The van der Waals surface area contributed by atoms with E-state index in [4.69, 9.17) is 13.9 Å². The summed E-state index contributed by atoms with van der Waals surface area (Å²) in [6.45, 7) is 5.71. The highest BCUT2D eigenvalue weighted by Gasteiger charge is 2.33. The van der Waals surface area contributed by atoms with Crippen molar-refractivity contribution in [3.05, 3.63) is 47.1 Å². The molecular formula is C21H26N4O5. The fourth-order valence-corrected chi connectivity index (χ4v) is 3.06. The van der Waals surface area contributed by atoms with Crippen LogP contribution in [0.1, 0.15) is 29.6 Å². The van der Waals surface area contributed by atoms with Crippen LogP contribution in [0.4, 0.5) is 0 Å². The first kappa shape index (κ1) is 21.5. The highest BCUT2D eigenvalue weighted by atomic mass is 16.5. The van der Waals surface area contributed by atoms with Gasteiger partial charge in [0.15, 0.2) is 5.60 Å². The highest BCUT2D eigenvalue weighted by molar-refractivity contribution is 5.77. The molecule has 0 spiro atoms. The quantitative estimate of drug-likeness (QED) is 0.569. The molecule has 160 valence electrons. The van der Waals surface area contributed by atoms with Gasteiger partial charge in [-0.15, -0.1) is 0 Å². The maximum atomic E-state index is 11.4. The van der Waals surface area contributed by atoms with Gasteiger partial charge in [0.2, 0.25) is 11.8 Å². The summed E-state index contributed by atoms with van der Waals surface area (Å²) in [5.74, 6) is 0.710. The molecule has 30 heavy (non-hydrogen) atoms. The van der Waals surface area contributed by atoms with Crippen LogP contribution in [-0.4, -0.2) is 50.1 Å². The number of carboxylic acids is 1. The molecule has 9 nitrogen and oxygen atoms in total. The average Bonchev–Trinajstić information content (AvgIpc) is 3.24. The Balaban J connectivity index is 1.58. The third-order valence-electron chi connectivity index (χ3n) is 4.94. The fourth-order valence-electron chi connectivity index (χ4n) is 3.06. The molecular weight excluding hydrogens is 388 g/mol. The zero-order valence-electron chi connectivity index (χ0n) is 17.8. The molecule has 0 aliphatic heterocycles. The smallest absolute Gasteiger partial charge is 0.336 e. The number of rotatable bonds is 9. The van der Waals surface area contributed by atoms with Crippen LogP contribution in [0.25, 0.3) is 11.6 Å². The number of methoxy groups -OCH3 is 1. The molecule has 0 aromatic carbocycles. The van der Waals surface area contributed by atoms with Gasteiger partial charge in [0.05, 0.1) is 18.0 Å². The van der Waals surface area contributed by atoms with E-state index in [-0.39, 0.29) is 6.42 Å². The number of aliphatic carboxylic acids is 1. The van der Waals surface area contributed by atoms with Crippen LogP contribution in [0.15, 0.2) is 28.8 Å². The maximum Gasteiger partial charge on any atom is 0.336 e. The third-order valence-corrected chi connectivity index (χ3v) is 4.94. The zero-order chi connectivity index (χ0) is 21.9. The maximum absolute atomic E-state index is 11.4. The third kappa shape index (κ3) is 4.68. The van der Waals surface area contributed by atoms with Crippen LogP contribution in [-0.2, 0) is 29.4 Å². The van der Waals surface area contributed by atoms with Crippen LogP contribution in [0.2, 0.25) is 0 Å². The Morgan fingerprint density at radius 2 is 2.10 bits per heavy atom. The summed E-state index contributed by atoms with van der Waals surface area (Å²) >= 11 is 0. The second kappa shape index (κ2) is 8.66. The van der Waals surface area contributed by atoms with Gasteiger partial charge in [-0.25, -0.2) is 14.8 Å². The molecule has 0 fully saturated rings. The molecule has 3 heterocycles. The van der Waals surface area contributed by atoms with E-state index >= 15 is 0 Å². The number of carboxylic acid groups (broad SMARTS) is 1. The number of hydrogen-bond donors (Lipinski definition) is 1. The minimum Gasteiger partial charge on any atom is -0.479 e. The standard InChI is InChI=1S/C21H26N4O5/c1-13-10-17(25(4)24-13)19-23-16(14(2)30-19)8-9-29-18-7-6-15(12-22-18)11-21(3,28-5)20(26)27/h6-7,10,12H,8-9,11H2,1-5H3,(H,26,27). The summed E-state index contributed by atoms with van der Waals surface area (Å²) in [4.78, 5) is 20.2. The van der Waals surface area contributed by atoms with E-state index in [2.05, 4.69) is 15.1 Å². The van der Waals surface area contributed by atoms with Gasteiger partial charge in [-0.1, -0.05) is 6.07 Å². The average molecular weight is 414 g/mol. The number of nitrogens with zero attached hydrogens (tertiary/aromatic N) is 4. The molecule has 1 N–H and O–H groups in total. The van der Waals surface area contributed by atoms with Gasteiger partial charge < -0.3 is 19.0 Å². The first-order valence-electron chi connectivity index (χ1n) is 9.55. The molecule has 0 saturated carbocycles. The molecule has 0 aliphatic rings. The molecule has 3 aromatic heterocycles. The molecule has 3 aromatic rings. The minimum atomic E-state index is -1.29. The van der Waals surface area contributed by atoms with Gasteiger partial charge in [-0.3, -0.25) is 4.68 Å². The summed E-state index contributed by atoms with van der Waals surface area (Å²) < 4.78 is 18.4. The SMILES string of the molecule is COC(C)(Cc1ccc(OCCc2nc(-c3cc(C)nn3C)oc2C)nc1)C(=O)O. The second-order valence-corrected chi connectivity index (χ2v) is 7.34. The van der Waals surface area contributed by atoms with E-state index in [9.17, 15) is 9.90 Å². The molecule has 0 bridgehead atoms. The molecule has 9 heteroatoms. The Morgan fingerprint density at radius 1 is 1.33 bits per heavy atom. The molecule has 0 aliphatic carbocycles. The largest absolute Gasteiger partial charge is 0.479 e. The summed E-state index contributed by atoms with van der Waals surface area (Å²) in [5.41, 5.74) is 2.00. The van der Waals surface area contributed by atoms with Crippen molar-refractivity contribution in [2.45, 2.75) is 39.2 Å². The predicted molar refractivity (Wildman–Crippen MR) is 108 cm³/mol. The molecule has 0 radical (unpaired) electrons. The van der Waals surface area contributed by atoms with E-state index in [0.717, 1.165) is 28.4 Å². The van der Waals surface area contributed by atoms with Crippen molar-refractivity contribution in [2.24, 2.45) is 7.05 Å². The lowest BCUT2D eigenvalue weighted by atomic mass is 9.97. The van der Waals surface area contributed by atoms with Gasteiger partial charge in [-0.2, -0.15) is 5.10 Å². The normalized spacial score (nSPS) is 13.2. The van der Waals surface area contributed by atoms with Crippen LogP contribution >= 0.6 is 0 Å². The molecule has 0 saturated heterocycles. The lowest BCUT2D eigenvalue weighted by Gasteiger charge is -2.22. The fraction of sp³-hybridized carbons (Fsp3) is 0.429. The Kier molecular flexibility index (Phi) is 6.21. The number of hydrogen-bond acceptors (Lipinski definition) is 7. The summed E-state index contributed by atoms with van der Waals surface area (Å²) in [6, 6.07) is 5.43. The van der Waals surface area contributed by atoms with Gasteiger partial charge in [0, 0.05) is 39.3 Å². The Bertz CT molecular complexity index is 1020. The molecule has 1 atom stereocenters. The van der Waals surface area contributed by atoms with E-state index in [1.807, 2.05) is 27.0 Å². The van der Waals surface area contributed by atoms with E-state index < -0.39 is 11.6 Å². The Labute approximate surface area is 174 Å². The lowest BCUT2D eigenvalue weighted by Crippen LogP contribution is -2.39. The second-order valence-electron chi connectivity index (χ2n) is 7.34. The van der Waals surface area contributed by atoms with Gasteiger partial charge >= 0.3 is 5.97 Å². The number of carbonyl (C=O) groups is 1. The van der Waals surface area contributed by atoms with E-state index in [1.54, 1.807) is 23.0 Å². The Hall–Kier alpha value is -3.20. The number of aryl methyl sites for hydroxylation is 3. The van der Waals surface area contributed by atoms with Crippen molar-refractivity contribution in [1.29, 1.82) is 0 Å². The predicted octanol–water partition coefficient (Wildman–Crippen LogP) is 2.74. The number of pyridine rings is 1.